The van der Waals surface area contributed by atoms with Crippen LogP contribution in [0.1, 0.15) is 39.5 Å². The van der Waals surface area contributed by atoms with E-state index in [1.165, 1.54) is 7.11 Å². The van der Waals surface area contributed by atoms with Gasteiger partial charge in [-0.3, -0.25) is 4.79 Å². The van der Waals surface area contributed by atoms with E-state index in [4.69, 9.17) is 4.74 Å². The molecule has 0 saturated carbocycles. The van der Waals surface area contributed by atoms with Crippen LogP contribution < -0.4 is 0 Å². The number of sulfone groups is 1. The van der Waals surface area contributed by atoms with Crippen LogP contribution in [0.15, 0.2) is 0 Å². The number of ether oxygens (including phenoxy) is 1. The van der Waals surface area contributed by atoms with Gasteiger partial charge in [-0.15, -0.1) is 0 Å². The minimum absolute atomic E-state index is 0.00986. The fourth-order valence-electron chi connectivity index (χ4n) is 1.44. The highest BCUT2D eigenvalue weighted by Gasteiger charge is 2.17. The van der Waals surface area contributed by atoms with E-state index >= 15 is 0 Å². The minimum atomic E-state index is -2.95. The number of methoxy groups -OCH3 is 1. The zero-order chi connectivity index (χ0) is 12.6. The van der Waals surface area contributed by atoms with Crippen molar-refractivity contribution in [3.05, 3.63) is 0 Å². The lowest BCUT2D eigenvalue weighted by Crippen LogP contribution is -2.23. The molecule has 0 rings (SSSR count). The number of ketones is 1. The second-order valence-electron chi connectivity index (χ2n) is 3.82. The molecule has 0 saturated heterocycles. The first-order valence-electron chi connectivity index (χ1n) is 5.72. The van der Waals surface area contributed by atoms with Crippen molar-refractivity contribution < 1.29 is 17.9 Å². The Balaban J connectivity index is 3.97. The van der Waals surface area contributed by atoms with Crippen molar-refractivity contribution in [2.24, 2.45) is 0 Å². The lowest BCUT2D eigenvalue weighted by atomic mass is 10.1. The van der Waals surface area contributed by atoms with Crippen LogP contribution in [0.2, 0.25) is 0 Å². The number of hydrogen-bond donors (Lipinski definition) is 0. The van der Waals surface area contributed by atoms with Crippen LogP contribution in [0.5, 0.6) is 0 Å². The van der Waals surface area contributed by atoms with E-state index in [1.54, 1.807) is 6.92 Å². The molecule has 0 aliphatic heterocycles. The van der Waals surface area contributed by atoms with Gasteiger partial charge in [-0.25, -0.2) is 8.42 Å². The molecule has 4 nitrogen and oxygen atoms in total. The Hall–Kier alpha value is -0.420. The van der Waals surface area contributed by atoms with E-state index < -0.39 is 9.84 Å². The summed E-state index contributed by atoms with van der Waals surface area (Å²) >= 11 is 0. The molecule has 0 amide bonds. The second-order valence-corrected chi connectivity index (χ2v) is 6.29. The lowest BCUT2D eigenvalue weighted by molar-refractivity contribution is -0.129. The average molecular weight is 250 g/mol. The van der Waals surface area contributed by atoms with Crippen LogP contribution in [-0.2, 0) is 19.4 Å². The second kappa shape index (κ2) is 7.79. The molecule has 16 heavy (non-hydrogen) atoms. The van der Waals surface area contributed by atoms with Gasteiger partial charge in [-0.2, -0.15) is 0 Å². The summed E-state index contributed by atoms with van der Waals surface area (Å²) < 4.78 is 27.5. The summed E-state index contributed by atoms with van der Waals surface area (Å²) in [7, 11) is -1.44. The highest BCUT2D eigenvalue weighted by atomic mass is 32.2. The molecule has 0 bridgehead atoms. The number of Topliss-reactive ketones (excluding diaryl/α,β-unsaturated/α-hetero) is 1. The zero-order valence-electron chi connectivity index (χ0n) is 10.4. The van der Waals surface area contributed by atoms with Crippen molar-refractivity contribution in [1.29, 1.82) is 0 Å². The average Bonchev–Trinajstić information content (AvgIpc) is 2.25. The van der Waals surface area contributed by atoms with Gasteiger partial charge in [0.15, 0.2) is 5.78 Å². The van der Waals surface area contributed by atoms with E-state index in [9.17, 15) is 13.2 Å². The molecule has 0 fully saturated rings. The third-order valence-corrected chi connectivity index (χ3v) is 4.30. The van der Waals surface area contributed by atoms with E-state index in [-0.39, 0.29) is 29.8 Å². The predicted molar refractivity (Wildman–Crippen MR) is 64.3 cm³/mol. The SMILES string of the molecule is CCCC(OC)C(=O)CCCS(=O)(=O)CC. The van der Waals surface area contributed by atoms with Crippen LogP contribution in [0.4, 0.5) is 0 Å². The summed E-state index contributed by atoms with van der Waals surface area (Å²) in [6.45, 7) is 3.60. The van der Waals surface area contributed by atoms with E-state index in [1.807, 2.05) is 6.92 Å². The maximum Gasteiger partial charge on any atom is 0.161 e. The van der Waals surface area contributed by atoms with Gasteiger partial charge in [-0.1, -0.05) is 20.3 Å². The quantitative estimate of drug-likeness (QED) is 0.623. The Morgan fingerprint density at radius 3 is 2.38 bits per heavy atom. The third-order valence-electron chi connectivity index (χ3n) is 2.51. The van der Waals surface area contributed by atoms with Crippen LogP contribution >= 0.6 is 0 Å². The van der Waals surface area contributed by atoms with Crippen LogP contribution in [0, 0.1) is 0 Å². The fraction of sp³-hybridized carbons (Fsp3) is 0.909. The Labute approximate surface area is 98.3 Å². The molecule has 0 aliphatic rings. The first-order chi connectivity index (χ1) is 7.46. The molecule has 1 atom stereocenters. The van der Waals surface area contributed by atoms with E-state index in [2.05, 4.69) is 0 Å². The van der Waals surface area contributed by atoms with Crippen molar-refractivity contribution in [3.63, 3.8) is 0 Å². The monoisotopic (exact) mass is 250 g/mol. The van der Waals surface area contributed by atoms with Gasteiger partial charge in [0.2, 0.25) is 0 Å². The van der Waals surface area contributed by atoms with Crippen LogP contribution in [0.3, 0.4) is 0 Å². The normalized spacial score (nSPS) is 13.7. The molecular weight excluding hydrogens is 228 g/mol. The topological polar surface area (TPSA) is 60.4 Å². The zero-order valence-corrected chi connectivity index (χ0v) is 11.2. The Kier molecular flexibility index (Phi) is 7.58. The van der Waals surface area contributed by atoms with Crippen molar-refractivity contribution in [3.8, 4) is 0 Å². The largest absolute Gasteiger partial charge is 0.374 e. The summed E-state index contributed by atoms with van der Waals surface area (Å²) in [5, 5.41) is 0. The van der Waals surface area contributed by atoms with Gasteiger partial charge in [0.25, 0.3) is 0 Å². The van der Waals surface area contributed by atoms with Gasteiger partial charge >= 0.3 is 0 Å². The number of carbonyl (C=O) groups is 1. The smallest absolute Gasteiger partial charge is 0.161 e. The van der Waals surface area contributed by atoms with Crippen molar-refractivity contribution in [2.75, 3.05) is 18.6 Å². The van der Waals surface area contributed by atoms with Crippen molar-refractivity contribution >= 4 is 15.6 Å². The Bertz CT molecular complexity index is 295. The predicted octanol–water partition coefficient (Wildman–Crippen LogP) is 1.59. The summed E-state index contributed by atoms with van der Waals surface area (Å²) in [6.07, 6.45) is 1.92. The summed E-state index contributed by atoms with van der Waals surface area (Å²) in [5.41, 5.74) is 0. The highest BCUT2D eigenvalue weighted by Crippen LogP contribution is 2.07. The lowest BCUT2D eigenvalue weighted by Gasteiger charge is -2.12. The molecule has 0 N–H and O–H groups in total. The Morgan fingerprint density at radius 2 is 1.94 bits per heavy atom. The first-order valence-corrected chi connectivity index (χ1v) is 7.54. The van der Waals surface area contributed by atoms with Gasteiger partial charge in [-0.05, 0) is 12.8 Å². The maximum atomic E-state index is 11.6. The molecule has 0 aromatic rings. The summed E-state index contributed by atoms with van der Waals surface area (Å²) in [4.78, 5) is 11.6. The van der Waals surface area contributed by atoms with E-state index in [0.29, 0.717) is 12.8 Å². The van der Waals surface area contributed by atoms with Gasteiger partial charge < -0.3 is 4.74 Å². The van der Waals surface area contributed by atoms with Gasteiger partial charge in [0, 0.05) is 19.3 Å². The maximum absolute atomic E-state index is 11.6. The highest BCUT2D eigenvalue weighted by molar-refractivity contribution is 7.91. The van der Waals surface area contributed by atoms with Crippen molar-refractivity contribution in [2.45, 2.75) is 45.6 Å². The van der Waals surface area contributed by atoms with Crippen LogP contribution in [0.25, 0.3) is 0 Å². The van der Waals surface area contributed by atoms with Crippen LogP contribution in [-0.4, -0.2) is 38.9 Å². The summed E-state index contributed by atoms with van der Waals surface area (Å²) in [6, 6.07) is 0. The van der Waals surface area contributed by atoms with Crippen molar-refractivity contribution in [1.82, 2.24) is 0 Å². The van der Waals surface area contributed by atoms with Gasteiger partial charge in [0.1, 0.15) is 15.9 Å². The molecule has 0 spiro atoms. The molecule has 0 aromatic heterocycles. The molecule has 0 aliphatic carbocycles. The molecule has 0 aromatic carbocycles. The third kappa shape index (κ3) is 6.23. The minimum Gasteiger partial charge on any atom is -0.374 e. The number of carbonyl (C=O) groups excluding carboxylic acids is 1. The Morgan fingerprint density at radius 1 is 1.31 bits per heavy atom. The van der Waals surface area contributed by atoms with E-state index in [0.717, 1.165) is 6.42 Å². The first kappa shape index (κ1) is 15.6. The van der Waals surface area contributed by atoms with Gasteiger partial charge in [0.05, 0.1) is 5.75 Å². The fourth-order valence-corrected chi connectivity index (χ4v) is 2.32. The number of rotatable bonds is 9. The standard InChI is InChI=1S/C11H22O4S/c1-4-7-11(15-3)10(12)8-6-9-16(13,14)5-2/h11H,4-9H2,1-3H3. The molecule has 96 valence electrons. The molecule has 5 heteroatoms. The number of hydrogen-bond acceptors (Lipinski definition) is 4. The molecule has 1 unspecified atom stereocenters. The molecular formula is C11H22O4S. The molecule has 0 radical (unpaired) electrons. The summed E-state index contributed by atoms with van der Waals surface area (Å²) in [5.74, 6) is 0.248. The molecule has 0 heterocycles.